The molecule has 0 saturated carbocycles. The highest BCUT2D eigenvalue weighted by molar-refractivity contribution is 6.34. The summed E-state index contributed by atoms with van der Waals surface area (Å²) in [5.41, 5.74) is 2.54. The Balaban J connectivity index is 1.58. The lowest BCUT2D eigenvalue weighted by Crippen LogP contribution is -2.24. The van der Waals surface area contributed by atoms with Crippen LogP contribution in [0.2, 0.25) is 10.0 Å². The van der Waals surface area contributed by atoms with E-state index >= 15 is 0 Å². The quantitative estimate of drug-likeness (QED) is 0.330. The van der Waals surface area contributed by atoms with E-state index in [4.69, 9.17) is 32.4 Å². The number of benzene rings is 2. The van der Waals surface area contributed by atoms with Gasteiger partial charge in [0.1, 0.15) is 17.3 Å². The first-order valence-corrected chi connectivity index (χ1v) is 8.93. The van der Waals surface area contributed by atoms with Gasteiger partial charge in [0.2, 0.25) is 0 Å². The molecule has 8 nitrogen and oxygen atoms in total. The van der Waals surface area contributed by atoms with Crippen LogP contribution in [0, 0.1) is 10.1 Å². The van der Waals surface area contributed by atoms with E-state index in [1.807, 2.05) is 0 Å². The van der Waals surface area contributed by atoms with E-state index in [0.717, 1.165) is 0 Å². The molecule has 0 aliphatic carbocycles. The highest BCUT2D eigenvalue weighted by Gasteiger charge is 2.16. The van der Waals surface area contributed by atoms with Crippen LogP contribution >= 0.6 is 23.2 Å². The van der Waals surface area contributed by atoms with Crippen LogP contribution in [0.25, 0.3) is 11.3 Å². The monoisotopic (exact) mass is 433 g/mol. The summed E-state index contributed by atoms with van der Waals surface area (Å²) in [6.07, 6.45) is 1.27. The van der Waals surface area contributed by atoms with Gasteiger partial charge in [-0.2, -0.15) is 5.10 Å². The summed E-state index contributed by atoms with van der Waals surface area (Å²) in [5, 5.41) is 15.6. The molecule has 1 amide bonds. The third kappa shape index (κ3) is 5.34. The summed E-state index contributed by atoms with van der Waals surface area (Å²) in [4.78, 5) is 22.4. The van der Waals surface area contributed by atoms with Gasteiger partial charge in [-0.3, -0.25) is 14.9 Å². The van der Waals surface area contributed by atoms with Crippen molar-refractivity contribution >= 4 is 41.0 Å². The summed E-state index contributed by atoms with van der Waals surface area (Å²) in [7, 11) is 0. The molecule has 0 fully saturated rings. The third-order valence-corrected chi connectivity index (χ3v) is 4.17. The van der Waals surface area contributed by atoms with Gasteiger partial charge < -0.3 is 9.15 Å². The number of hydrogen-bond donors (Lipinski definition) is 1. The Morgan fingerprint density at radius 2 is 2.00 bits per heavy atom. The fourth-order valence-electron chi connectivity index (χ4n) is 2.34. The molecular weight excluding hydrogens is 421 g/mol. The molecule has 0 spiro atoms. The zero-order valence-corrected chi connectivity index (χ0v) is 16.2. The number of amides is 1. The first-order valence-electron chi connectivity index (χ1n) is 8.17. The van der Waals surface area contributed by atoms with E-state index in [-0.39, 0.29) is 18.0 Å². The summed E-state index contributed by atoms with van der Waals surface area (Å²) < 4.78 is 10.8. The number of nitro groups is 1. The van der Waals surface area contributed by atoms with Gasteiger partial charge in [-0.25, -0.2) is 5.43 Å². The van der Waals surface area contributed by atoms with Gasteiger partial charge >= 0.3 is 0 Å². The summed E-state index contributed by atoms with van der Waals surface area (Å²) >= 11 is 11.8. The van der Waals surface area contributed by atoms with Crippen molar-refractivity contribution in [2.75, 3.05) is 6.61 Å². The number of hydrogen-bond acceptors (Lipinski definition) is 6. The van der Waals surface area contributed by atoms with Crippen LogP contribution in [0.5, 0.6) is 5.75 Å². The molecule has 0 radical (unpaired) electrons. The summed E-state index contributed by atoms with van der Waals surface area (Å²) in [5.74, 6) is 0.363. The van der Waals surface area contributed by atoms with Crippen molar-refractivity contribution in [1.82, 2.24) is 5.43 Å². The molecule has 0 aliphatic rings. The largest absolute Gasteiger partial charge is 0.482 e. The number of nitro benzene ring substituents is 1. The number of para-hydroxylation sites is 1. The number of carbonyl (C=O) groups excluding carboxylic acids is 1. The van der Waals surface area contributed by atoms with Gasteiger partial charge in [-0.05, 0) is 30.3 Å². The number of nitrogens with one attached hydrogen (secondary N) is 1. The van der Waals surface area contributed by atoms with Gasteiger partial charge in [0.05, 0.1) is 21.7 Å². The smallest absolute Gasteiger partial charge is 0.280 e. The summed E-state index contributed by atoms with van der Waals surface area (Å²) in [6, 6.07) is 14.0. The van der Waals surface area contributed by atoms with Crippen LogP contribution < -0.4 is 10.2 Å². The molecule has 2 aromatic carbocycles. The van der Waals surface area contributed by atoms with Crippen LogP contribution in [0.15, 0.2) is 64.1 Å². The molecule has 0 bridgehead atoms. The predicted octanol–water partition coefficient (Wildman–Crippen LogP) is 4.69. The second-order valence-electron chi connectivity index (χ2n) is 5.63. The van der Waals surface area contributed by atoms with Crippen LogP contribution in [0.3, 0.4) is 0 Å². The average Bonchev–Trinajstić information content (AvgIpc) is 3.17. The number of ether oxygens (including phenoxy) is 1. The Labute approximate surface area is 174 Å². The predicted molar refractivity (Wildman–Crippen MR) is 108 cm³/mol. The normalized spacial score (nSPS) is 10.8. The molecule has 1 heterocycles. The third-order valence-electron chi connectivity index (χ3n) is 3.63. The van der Waals surface area contributed by atoms with Gasteiger partial charge in [0.25, 0.3) is 11.6 Å². The molecule has 10 heteroatoms. The van der Waals surface area contributed by atoms with Crippen molar-refractivity contribution in [3.8, 4) is 17.1 Å². The van der Waals surface area contributed by atoms with E-state index in [0.29, 0.717) is 27.1 Å². The Morgan fingerprint density at radius 3 is 2.79 bits per heavy atom. The Bertz CT molecular complexity index is 1080. The molecule has 3 rings (SSSR count). The fraction of sp³-hybridized carbons (Fsp3) is 0.0526. The topological polar surface area (TPSA) is 107 Å². The molecule has 0 saturated heterocycles. The molecular formula is C19H13Cl2N3O5. The maximum Gasteiger partial charge on any atom is 0.280 e. The molecule has 0 aliphatic heterocycles. The van der Waals surface area contributed by atoms with Crippen molar-refractivity contribution in [3.05, 3.63) is 80.5 Å². The SMILES string of the molecule is O=C(COc1cc(Cl)ccc1Cl)N/N=C\c1ccc(-c2ccccc2[N+](=O)[O-])o1. The van der Waals surface area contributed by atoms with Crippen LogP contribution in [-0.2, 0) is 4.79 Å². The van der Waals surface area contributed by atoms with Gasteiger partial charge in [-0.1, -0.05) is 35.3 Å². The lowest BCUT2D eigenvalue weighted by Gasteiger charge is -2.07. The molecule has 29 heavy (non-hydrogen) atoms. The van der Waals surface area contributed by atoms with E-state index < -0.39 is 10.8 Å². The number of halogens is 2. The maximum atomic E-state index is 11.8. The standard InChI is InChI=1S/C19H13Cl2N3O5/c20-12-5-7-15(21)18(9-12)28-11-19(25)23-22-10-13-6-8-17(29-13)14-3-1-2-4-16(14)24(26)27/h1-10H,11H2,(H,23,25)/b22-10-. The van der Waals surface area contributed by atoms with Gasteiger partial charge in [-0.15, -0.1) is 0 Å². The van der Waals surface area contributed by atoms with E-state index in [1.54, 1.807) is 42.5 Å². The number of carbonyl (C=O) groups is 1. The Hall–Kier alpha value is -3.36. The van der Waals surface area contributed by atoms with E-state index in [2.05, 4.69) is 10.5 Å². The minimum absolute atomic E-state index is 0.0736. The molecule has 148 valence electrons. The molecule has 1 aromatic heterocycles. The Kier molecular flexibility index (Phi) is 6.48. The Morgan fingerprint density at radius 1 is 1.21 bits per heavy atom. The number of hydrazone groups is 1. The highest BCUT2D eigenvalue weighted by atomic mass is 35.5. The van der Waals surface area contributed by atoms with Crippen molar-refractivity contribution in [2.24, 2.45) is 5.10 Å². The average molecular weight is 434 g/mol. The van der Waals surface area contributed by atoms with Crippen LogP contribution in [0.4, 0.5) is 5.69 Å². The van der Waals surface area contributed by atoms with Crippen molar-refractivity contribution in [1.29, 1.82) is 0 Å². The molecule has 0 unspecified atom stereocenters. The van der Waals surface area contributed by atoms with Crippen LogP contribution in [-0.4, -0.2) is 23.7 Å². The first kappa shape index (κ1) is 20.4. The van der Waals surface area contributed by atoms with Crippen molar-refractivity contribution < 1.29 is 18.9 Å². The number of rotatable bonds is 7. The molecule has 0 atom stereocenters. The second kappa shape index (κ2) is 9.22. The zero-order chi connectivity index (χ0) is 20.8. The van der Waals surface area contributed by atoms with Crippen molar-refractivity contribution in [2.45, 2.75) is 0 Å². The lowest BCUT2D eigenvalue weighted by atomic mass is 10.1. The zero-order valence-electron chi connectivity index (χ0n) is 14.7. The van der Waals surface area contributed by atoms with E-state index in [1.165, 1.54) is 18.3 Å². The minimum atomic E-state index is -0.525. The fourth-order valence-corrected chi connectivity index (χ4v) is 2.67. The lowest BCUT2D eigenvalue weighted by molar-refractivity contribution is -0.384. The minimum Gasteiger partial charge on any atom is -0.482 e. The second-order valence-corrected chi connectivity index (χ2v) is 6.48. The molecule has 3 aromatic rings. The highest BCUT2D eigenvalue weighted by Crippen LogP contribution is 2.30. The van der Waals surface area contributed by atoms with E-state index in [9.17, 15) is 14.9 Å². The van der Waals surface area contributed by atoms with Crippen LogP contribution in [0.1, 0.15) is 5.76 Å². The number of nitrogens with zero attached hydrogens (tertiary/aromatic N) is 2. The van der Waals surface area contributed by atoms with Gasteiger partial charge in [0, 0.05) is 17.2 Å². The van der Waals surface area contributed by atoms with Crippen molar-refractivity contribution in [3.63, 3.8) is 0 Å². The number of furan rings is 1. The van der Waals surface area contributed by atoms with Gasteiger partial charge in [0.15, 0.2) is 6.61 Å². The summed E-state index contributed by atoms with van der Waals surface area (Å²) in [6.45, 7) is -0.322. The first-order chi connectivity index (χ1) is 13.9. The molecule has 1 N–H and O–H groups in total. The maximum absolute atomic E-state index is 11.8.